The molecule has 0 spiro atoms. The van der Waals surface area contributed by atoms with E-state index in [2.05, 4.69) is 34.6 Å². The smallest absolute Gasteiger partial charge is 0.354 e. The molecule has 41 heavy (non-hydrogen) atoms. The number of fused-ring (bicyclic) bond motifs is 3. The lowest BCUT2D eigenvalue weighted by Crippen LogP contribution is -2.49. The fourth-order valence-corrected chi connectivity index (χ4v) is 5.92. The van der Waals surface area contributed by atoms with Crippen molar-refractivity contribution in [2.45, 2.75) is 12.0 Å². The van der Waals surface area contributed by atoms with Gasteiger partial charge in [-0.25, -0.2) is 4.79 Å². The second kappa shape index (κ2) is 10.9. The topological polar surface area (TPSA) is 83.7 Å². The minimum absolute atomic E-state index is 0.0309. The number of nitrogens with one attached hydrogen (secondary N) is 2. The number of aromatic amines is 1. The summed E-state index contributed by atoms with van der Waals surface area (Å²) in [4.78, 5) is 31.0. The lowest BCUT2D eigenvalue weighted by atomic mass is 9.77. The predicted molar refractivity (Wildman–Crippen MR) is 159 cm³/mol. The standard InChI is InChI=1S/C34H31N3O4/c1-40-26-15-13-25(14-16-26)34(23-9-5-3-6-10-23,24-11-7-4-8-12-24)35-22-32(38)37-20-19-27-28-21-30(33(39)41-2)36-29(28)17-18-31(27)37/h3-18,21,35-36H,19-20,22H2,1-2H3. The van der Waals surface area contributed by atoms with Crippen LogP contribution in [-0.2, 0) is 21.5 Å². The van der Waals surface area contributed by atoms with Crippen LogP contribution in [0.5, 0.6) is 5.75 Å². The maximum atomic E-state index is 13.9. The lowest BCUT2D eigenvalue weighted by Gasteiger charge is -2.37. The fourth-order valence-electron chi connectivity index (χ4n) is 5.92. The zero-order valence-electron chi connectivity index (χ0n) is 23.0. The number of esters is 1. The predicted octanol–water partition coefficient (Wildman–Crippen LogP) is 5.43. The normalized spacial score (nSPS) is 12.8. The Bertz CT molecular complexity index is 1660. The van der Waals surface area contributed by atoms with E-state index in [1.165, 1.54) is 7.11 Å². The first kappa shape index (κ1) is 26.3. The number of hydrogen-bond donors (Lipinski definition) is 2. The Labute approximate surface area is 238 Å². The van der Waals surface area contributed by atoms with Crippen molar-refractivity contribution in [3.63, 3.8) is 0 Å². The Hall–Kier alpha value is -4.88. The molecular formula is C34H31N3O4. The summed E-state index contributed by atoms with van der Waals surface area (Å²) in [7, 11) is 3.02. The van der Waals surface area contributed by atoms with E-state index >= 15 is 0 Å². The minimum atomic E-state index is -0.785. The number of amides is 1. The first-order valence-electron chi connectivity index (χ1n) is 13.6. The van der Waals surface area contributed by atoms with Crippen molar-refractivity contribution in [1.29, 1.82) is 0 Å². The number of nitrogens with zero attached hydrogens (tertiary/aromatic N) is 1. The highest BCUT2D eigenvalue weighted by Gasteiger charge is 2.37. The number of anilines is 1. The Morgan fingerprint density at radius 1 is 0.854 bits per heavy atom. The van der Waals surface area contributed by atoms with Gasteiger partial charge in [-0.2, -0.15) is 0 Å². The van der Waals surface area contributed by atoms with Gasteiger partial charge in [0.15, 0.2) is 0 Å². The van der Waals surface area contributed by atoms with Gasteiger partial charge in [-0.3, -0.25) is 10.1 Å². The van der Waals surface area contributed by atoms with E-state index < -0.39 is 11.5 Å². The van der Waals surface area contributed by atoms with Gasteiger partial charge >= 0.3 is 5.97 Å². The van der Waals surface area contributed by atoms with Gasteiger partial charge in [-0.15, -0.1) is 0 Å². The average molecular weight is 546 g/mol. The second-order valence-corrected chi connectivity index (χ2v) is 10.1. The van der Waals surface area contributed by atoms with Gasteiger partial charge < -0.3 is 19.4 Å². The lowest BCUT2D eigenvalue weighted by molar-refractivity contribution is -0.117. The monoisotopic (exact) mass is 545 g/mol. The maximum absolute atomic E-state index is 13.9. The van der Waals surface area contributed by atoms with E-state index in [1.807, 2.05) is 83.8 Å². The maximum Gasteiger partial charge on any atom is 0.354 e. The van der Waals surface area contributed by atoms with E-state index in [0.29, 0.717) is 18.7 Å². The zero-order valence-corrected chi connectivity index (χ0v) is 23.0. The summed E-state index contributed by atoms with van der Waals surface area (Å²) < 4.78 is 10.3. The molecule has 2 N–H and O–H groups in total. The summed E-state index contributed by atoms with van der Waals surface area (Å²) in [5.41, 5.74) is 5.43. The van der Waals surface area contributed by atoms with Crippen molar-refractivity contribution in [2.24, 2.45) is 0 Å². The molecule has 1 amide bonds. The number of methoxy groups -OCH3 is 2. The van der Waals surface area contributed by atoms with Crippen LogP contribution >= 0.6 is 0 Å². The average Bonchev–Trinajstić information content (AvgIpc) is 3.67. The number of carbonyl (C=O) groups is 2. The molecule has 1 aliphatic heterocycles. The molecule has 5 aromatic rings. The van der Waals surface area contributed by atoms with Gasteiger partial charge in [0.2, 0.25) is 5.91 Å². The van der Waals surface area contributed by atoms with Gasteiger partial charge in [0, 0.05) is 23.1 Å². The second-order valence-electron chi connectivity index (χ2n) is 10.1. The molecule has 1 aliphatic rings. The molecule has 6 rings (SSSR count). The molecule has 2 heterocycles. The van der Waals surface area contributed by atoms with E-state index in [9.17, 15) is 9.59 Å². The number of rotatable bonds is 8. The van der Waals surface area contributed by atoms with Crippen LogP contribution in [0.4, 0.5) is 5.69 Å². The third-order valence-corrected chi connectivity index (χ3v) is 7.91. The number of benzene rings is 4. The fraction of sp³-hybridized carbons (Fsp3) is 0.176. The van der Waals surface area contributed by atoms with Gasteiger partial charge in [-0.1, -0.05) is 72.8 Å². The van der Waals surface area contributed by atoms with Gasteiger partial charge in [0.25, 0.3) is 0 Å². The molecule has 206 valence electrons. The molecule has 0 unspecified atom stereocenters. The third-order valence-electron chi connectivity index (χ3n) is 7.91. The highest BCUT2D eigenvalue weighted by molar-refractivity contribution is 6.03. The molecule has 0 saturated carbocycles. The molecule has 7 nitrogen and oxygen atoms in total. The molecule has 0 bridgehead atoms. The van der Waals surface area contributed by atoms with Crippen LogP contribution in [0, 0.1) is 0 Å². The summed E-state index contributed by atoms with van der Waals surface area (Å²) in [6.07, 6.45) is 0.706. The van der Waals surface area contributed by atoms with E-state index in [0.717, 1.165) is 44.6 Å². The molecule has 1 aromatic heterocycles. The van der Waals surface area contributed by atoms with Crippen molar-refractivity contribution in [3.05, 3.63) is 131 Å². The van der Waals surface area contributed by atoms with Crippen LogP contribution in [0.2, 0.25) is 0 Å². The number of aromatic nitrogens is 1. The minimum Gasteiger partial charge on any atom is -0.497 e. The quantitative estimate of drug-likeness (QED) is 0.201. The van der Waals surface area contributed by atoms with Crippen molar-refractivity contribution >= 4 is 28.5 Å². The first-order chi connectivity index (χ1) is 20.0. The Kier molecular flexibility index (Phi) is 7.03. The van der Waals surface area contributed by atoms with Crippen LogP contribution in [0.15, 0.2) is 103 Å². The van der Waals surface area contributed by atoms with Crippen LogP contribution in [0.25, 0.3) is 10.9 Å². The Balaban J connectivity index is 1.37. The van der Waals surface area contributed by atoms with Crippen LogP contribution in [0.3, 0.4) is 0 Å². The molecule has 0 atom stereocenters. The summed E-state index contributed by atoms with van der Waals surface area (Å²) in [5, 5.41) is 4.63. The highest BCUT2D eigenvalue weighted by atomic mass is 16.5. The highest BCUT2D eigenvalue weighted by Crippen LogP contribution is 2.38. The van der Waals surface area contributed by atoms with Crippen LogP contribution < -0.4 is 15.0 Å². The summed E-state index contributed by atoms with van der Waals surface area (Å²) >= 11 is 0. The van der Waals surface area contributed by atoms with Crippen molar-refractivity contribution in [2.75, 3.05) is 32.2 Å². The van der Waals surface area contributed by atoms with Crippen molar-refractivity contribution in [3.8, 4) is 5.75 Å². The van der Waals surface area contributed by atoms with Crippen molar-refractivity contribution < 1.29 is 19.1 Å². The summed E-state index contributed by atoms with van der Waals surface area (Å²) in [6.45, 7) is 0.674. The van der Waals surface area contributed by atoms with Crippen molar-refractivity contribution in [1.82, 2.24) is 10.3 Å². The van der Waals surface area contributed by atoms with Gasteiger partial charge in [0.05, 0.1) is 26.3 Å². The van der Waals surface area contributed by atoms with Gasteiger partial charge in [0.1, 0.15) is 11.4 Å². The van der Waals surface area contributed by atoms with Gasteiger partial charge in [-0.05, 0) is 59.0 Å². The van der Waals surface area contributed by atoms with E-state index in [4.69, 9.17) is 9.47 Å². The Morgan fingerprint density at radius 2 is 1.49 bits per heavy atom. The first-order valence-corrected chi connectivity index (χ1v) is 13.6. The molecule has 0 aliphatic carbocycles. The molecule has 7 heteroatoms. The van der Waals surface area contributed by atoms with Crippen LogP contribution in [0.1, 0.15) is 32.7 Å². The molecular weight excluding hydrogens is 514 g/mol. The molecule has 4 aromatic carbocycles. The van der Waals surface area contributed by atoms with E-state index in [1.54, 1.807) is 7.11 Å². The van der Waals surface area contributed by atoms with E-state index in [-0.39, 0.29) is 12.5 Å². The number of carbonyl (C=O) groups excluding carboxylic acids is 2. The number of H-pyrrole nitrogens is 1. The molecule has 0 radical (unpaired) electrons. The Morgan fingerprint density at radius 3 is 2.10 bits per heavy atom. The third kappa shape index (κ3) is 4.64. The zero-order chi connectivity index (χ0) is 28.4. The number of hydrogen-bond acceptors (Lipinski definition) is 5. The largest absolute Gasteiger partial charge is 0.497 e. The molecule has 0 fully saturated rings. The number of ether oxygens (including phenoxy) is 2. The van der Waals surface area contributed by atoms with Crippen LogP contribution in [-0.4, -0.2) is 44.2 Å². The SMILES string of the molecule is COC(=O)c1cc2c3c(ccc2[nH]1)N(C(=O)CNC(c1ccccc1)(c1ccccc1)c1ccc(OC)cc1)CC3. The summed E-state index contributed by atoms with van der Waals surface area (Å²) in [6, 6.07) is 34.0. The molecule has 0 saturated heterocycles. The summed E-state index contributed by atoms with van der Waals surface area (Å²) in [5.74, 6) is 0.318.